The van der Waals surface area contributed by atoms with Gasteiger partial charge >= 0.3 is 5.63 Å². The molecule has 0 aliphatic carbocycles. The Labute approximate surface area is 190 Å². The van der Waals surface area contributed by atoms with E-state index in [4.69, 9.17) is 13.9 Å². The summed E-state index contributed by atoms with van der Waals surface area (Å²) < 4.78 is 17.1. The zero-order chi connectivity index (χ0) is 23.3. The number of anilines is 1. The molecule has 0 aliphatic rings. The van der Waals surface area contributed by atoms with E-state index >= 15 is 0 Å². The van der Waals surface area contributed by atoms with Gasteiger partial charge in [0.15, 0.2) is 0 Å². The number of fused-ring (bicyclic) bond motifs is 1. The van der Waals surface area contributed by atoms with Crippen LogP contribution in [0.4, 0.5) is 5.69 Å². The summed E-state index contributed by atoms with van der Waals surface area (Å²) in [6, 6.07) is 13.6. The third-order valence-electron chi connectivity index (χ3n) is 6.10. The quantitative estimate of drug-likeness (QED) is 0.426. The fraction of sp³-hybridized carbons (Fsp3) is 0.423. The second-order valence-corrected chi connectivity index (χ2v) is 8.05. The summed E-state index contributed by atoms with van der Waals surface area (Å²) in [6.07, 6.45) is 0.861. The number of rotatable bonds is 10. The number of benzene rings is 2. The molecular weight excluding hydrogens is 404 g/mol. The minimum Gasteiger partial charge on any atom is -0.496 e. The summed E-state index contributed by atoms with van der Waals surface area (Å²) in [5.41, 5.74) is 3.30. The van der Waals surface area contributed by atoms with E-state index in [1.807, 2.05) is 20.2 Å². The first-order valence-electron chi connectivity index (χ1n) is 11.1. The minimum absolute atomic E-state index is 0.0132. The van der Waals surface area contributed by atoms with Crippen molar-refractivity contribution >= 4 is 16.7 Å². The summed E-state index contributed by atoms with van der Waals surface area (Å²) in [7, 11) is 7.31. The number of methoxy groups -OCH3 is 2. The highest BCUT2D eigenvalue weighted by atomic mass is 16.5. The predicted octanol–water partition coefficient (Wildman–Crippen LogP) is 4.74. The van der Waals surface area contributed by atoms with E-state index in [0.29, 0.717) is 17.1 Å². The molecule has 0 fully saturated rings. The van der Waals surface area contributed by atoms with Crippen molar-refractivity contribution in [1.29, 1.82) is 0 Å². The van der Waals surface area contributed by atoms with Crippen LogP contribution >= 0.6 is 0 Å². The van der Waals surface area contributed by atoms with Crippen LogP contribution in [0.25, 0.3) is 11.0 Å². The van der Waals surface area contributed by atoms with E-state index in [2.05, 4.69) is 47.9 Å². The molecule has 0 amide bonds. The average Bonchev–Trinajstić information content (AvgIpc) is 2.81. The lowest BCUT2D eigenvalue weighted by atomic mass is 9.86. The molecule has 6 nitrogen and oxygen atoms in total. The van der Waals surface area contributed by atoms with E-state index in [9.17, 15) is 4.79 Å². The van der Waals surface area contributed by atoms with Crippen molar-refractivity contribution in [1.82, 2.24) is 4.90 Å². The van der Waals surface area contributed by atoms with E-state index in [1.54, 1.807) is 20.3 Å². The normalized spacial score (nSPS) is 12.2. The Morgan fingerprint density at radius 3 is 2.16 bits per heavy atom. The van der Waals surface area contributed by atoms with Crippen LogP contribution in [0.5, 0.6) is 11.5 Å². The molecule has 0 spiro atoms. The fourth-order valence-corrected chi connectivity index (χ4v) is 4.20. The second-order valence-electron chi connectivity index (χ2n) is 8.05. The summed E-state index contributed by atoms with van der Waals surface area (Å²) in [5, 5.41) is 0.764. The molecular formula is C26H34N2O4. The van der Waals surface area contributed by atoms with Crippen LogP contribution in [0.1, 0.15) is 37.3 Å². The largest absolute Gasteiger partial charge is 0.496 e. The highest BCUT2D eigenvalue weighted by molar-refractivity contribution is 5.89. The minimum atomic E-state index is -0.389. The molecule has 3 aromatic rings. The highest BCUT2D eigenvalue weighted by Gasteiger charge is 2.26. The standard InChI is InChI=1S/C26H34N2O4/c1-7-28(8-2)16-15-20(18-9-11-19(12-10-18)27(3)4)25-23(31-6)17-22(30-5)21-13-14-24(29)32-26(21)25/h9-14,17,20H,7-8,15-16H2,1-6H3/t20-/m1/s1. The Morgan fingerprint density at radius 1 is 0.938 bits per heavy atom. The number of hydrogen-bond donors (Lipinski definition) is 0. The molecule has 0 saturated carbocycles. The number of nitrogens with zero attached hydrogens (tertiary/aromatic N) is 2. The van der Waals surface area contributed by atoms with Gasteiger partial charge in [-0.1, -0.05) is 26.0 Å². The monoisotopic (exact) mass is 438 g/mol. The third-order valence-corrected chi connectivity index (χ3v) is 6.10. The van der Waals surface area contributed by atoms with Gasteiger partial charge in [0.1, 0.15) is 17.1 Å². The van der Waals surface area contributed by atoms with Gasteiger partial charge in [-0.05, 0) is 49.8 Å². The first-order chi connectivity index (χ1) is 15.4. The van der Waals surface area contributed by atoms with Gasteiger partial charge in [-0.25, -0.2) is 4.79 Å². The Hall–Kier alpha value is -2.99. The maximum Gasteiger partial charge on any atom is 0.336 e. The van der Waals surface area contributed by atoms with Gasteiger partial charge in [0, 0.05) is 43.4 Å². The Kier molecular flexibility index (Phi) is 7.80. The lowest BCUT2D eigenvalue weighted by molar-refractivity contribution is 0.293. The van der Waals surface area contributed by atoms with E-state index < -0.39 is 0 Å². The first kappa shape index (κ1) is 23.7. The van der Waals surface area contributed by atoms with Gasteiger partial charge in [-0.3, -0.25) is 0 Å². The lowest BCUT2D eigenvalue weighted by Gasteiger charge is -2.26. The Bertz CT molecular complexity index is 1090. The maximum absolute atomic E-state index is 12.2. The fourth-order valence-electron chi connectivity index (χ4n) is 4.20. The summed E-state index contributed by atoms with van der Waals surface area (Å²) in [4.78, 5) is 16.7. The highest BCUT2D eigenvalue weighted by Crippen LogP contribution is 2.43. The Balaban J connectivity index is 2.23. The Morgan fingerprint density at radius 2 is 1.59 bits per heavy atom. The van der Waals surface area contributed by atoms with Gasteiger partial charge in [-0.2, -0.15) is 0 Å². The second kappa shape index (κ2) is 10.6. The lowest BCUT2D eigenvalue weighted by Crippen LogP contribution is -2.25. The molecule has 3 rings (SSSR count). The zero-order valence-electron chi connectivity index (χ0n) is 20.0. The van der Waals surface area contributed by atoms with E-state index in [-0.39, 0.29) is 11.5 Å². The van der Waals surface area contributed by atoms with Gasteiger partial charge in [-0.15, -0.1) is 0 Å². The molecule has 32 heavy (non-hydrogen) atoms. The molecule has 2 aromatic carbocycles. The van der Waals surface area contributed by atoms with Crippen molar-refractivity contribution in [2.24, 2.45) is 0 Å². The molecule has 1 atom stereocenters. The summed E-state index contributed by atoms with van der Waals surface area (Å²) in [5.74, 6) is 1.26. The van der Waals surface area contributed by atoms with E-state index in [1.165, 1.54) is 6.07 Å². The van der Waals surface area contributed by atoms with Gasteiger partial charge in [0.2, 0.25) is 0 Å². The van der Waals surface area contributed by atoms with Crippen LogP contribution in [-0.2, 0) is 0 Å². The molecule has 1 aromatic heterocycles. The third kappa shape index (κ3) is 4.91. The molecule has 6 heteroatoms. The predicted molar refractivity (Wildman–Crippen MR) is 131 cm³/mol. The molecule has 0 aliphatic heterocycles. The molecule has 0 saturated heterocycles. The average molecular weight is 439 g/mol. The molecule has 0 bridgehead atoms. The van der Waals surface area contributed by atoms with Crippen molar-refractivity contribution in [3.8, 4) is 11.5 Å². The van der Waals surface area contributed by atoms with Crippen molar-refractivity contribution in [3.63, 3.8) is 0 Å². The summed E-state index contributed by atoms with van der Waals surface area (Å²) in [6.45, 7) is 7.23. The molecule has 0 radical (unpaired) electrons. The van der Waals surface area contributed by atoms with Crippen LogP contribution < -0.4 is 20.0 Å². The van der Waals surface area contributed by atoms with Crippen LogP contribution in [0, 0.1) is 0 Å². The smallest absolute Gasteiger partial charge is 0.336 e. The molecule has 0 unspecified atom stereocenters. The van der Waals surface area contributed by atoms with Gasteiger partial charge in [0.25, 0.3) is 0 Å². The molecule has 0 N–H and O–H groups in total. The van der Waals surface area contributed by atoms with Gasteiger partial charge in [0.05, 0.1) is 19.6 Å². The van der Waals surface area contributed by atoms with Crippen molar-refractivity contribution in [2.45, 2.75) is 26.2 Å². The molecule has 1 heterocycles. The van der Waals surface area contributed by atoms with Crippen molar-refractivity contribution < 1.29 is 13.9 Å². The summed E-state index contributed by atoms with van der Waals surface area (Å²) >= 11 is 0. The van der Waals surface area contributed by atoms with Gasteiger partial charge < -0.3 is 23.7 Å². The SMILES string of the molecule is CCN(CC)CC[C@H](c1ccc(N(C)C)cc1)c1c(OC)cc(OC)c2ccc(=O)oc12. The zero-order valence-corrected chi connectivity index (χ0v) is 20.0. The van der Waals surface area contributed by atoms with Crippen LogP contribution in [-0.4, -0.2) is 52.8 Å². The van der Waals surface area contributed by atoms with Crippen LogP contribution in [0.15, 0.2) is 51.7 Å². The topological polar surface area (TPSA) is 55.2 Å². The van der Waals surface area contributed by atoms with Crippen LogP contribution in [0.2, 0.25) is 0 Å². The number of hydrogen-bond acceptors (Lipinski definition) is 6. The van der Waals surface area contributed by atoms with Crippen LogP contribution in [0.3, 0.4) is 0 Å². The van der Waals surface area contributed by atoms with E-state index in [0.717, 1.165) is 48.3 Å². The van der Waals surface area contributed by atoms with Crippen molar-refractivity contribution in [2.75, 3.05) is 52.8 Å². The van der Waals surface area contributed by atoms with Crippen molar-refractivity contribution in [3.05, 3.63) is 64.0 Å². The first-order valence-corrected chi connectivity index (χ1v) is 11.1. The maximum atomic E-state index is 12.2. The molecule has 172 valence electrons. The number of ether oxygens (including phenoxy) is 2.